The van der Waals surface area contributed by atoms with Gasteiger partial charge in [-0.2, -0.15) is 16.9 Å². The molecule has 0 atom stereocenters. The van der Waals surface area contributed by atoms with Crippen LogP contribution in [-0.2, 0) is 0 Å². The Balaban J connectivity index is 1.38. The molecule has 1 aliphatic rings. The normalized spacial score (nSPS) is 15.3. The molecule has 0 unspecified atom stereocenters. The summed E-state index contributed by atoms with van der Waals surface area (Å²) < 4.78 is 0. The Morgan fingerprint density at radius 1 is 1.25 bits per heavy atom. The molecule has 1 aliphatic carbocycles. The van der Waals surface area contributed by atoms with E-state index in [0.29, 0.717) is 17.9 Å². The second-order valence-electron chi connectivity index (χ2n) is 6.12. The molecule has 24 heavy (non-hydrogen) atoms. The Bertz CT molecular complexity index is 637. The van der Waals surface area contributed by atoms with Gasteiger partial charge in [0.15, 0.2) is 0 Å². The fraction of sp³-hybridized carbons (Fsp3) is 0.500. The Morgan fingerprint density at radius 2 is 2.12 bits per heavy atom. The summed E-state index contributed by atoms with van der Waals surface area (Å²) in [5.74, 6) is 1.01. The number of carbonyl (C=O) groups excluding carboxylic acids is 1. The molecule has 0 radical (unpaired) electrons. The smallest absolute Gasteiger partial charge is 0.269 e. The number of carbonyl (C=O) groups is 1. The zero-order valence-corrected chi connectivity index (χ0v) is 14.6. The molecule has 2 aromatic heterocycles. The van der Waals surface area contributed by atoms with Crippen molar-refractivity contribution < 1.29 is 4.79 Å². The molecule has 0 bridgehead atoms. The van der Waals surface area contributed by atoms with Crippen LogP contribution in [0.25, 0.3) is 11.4 Å². The monoisotopic (exact) mass is 344 g/mol. The van der Waals surface area contributed by atoms with Gasteiger partial charge in [-0.1, -0.05) is 25.3 Å². The first-order valence-corrected chi connectivity index (χ1v) is 9.74. The highest BCUT2D eigenvalue weighted by Crippen LogP contribution is 2.28. The van der Waals surface area contributed by atoms with Crippen LogP contribution in [0.2, 0.25) is 0 Å². The van der Waals surface area contributed by atoms with Crippen LogP contribution in [-0.4, -0.2) is 38.6 Å². The number of pyridine rings is 1. The average Bonchev–Trinajstić information content (AvgIpc) is 3.13. The van der Waals surface area contributed by atoms with Crippen LogP contribution < -0.4 is 5.32 Å². The highest BCUT2D eigenvalue weighted by atomic mass is 32.2. The van der Waals surface area contributed by atoms with Gasteiger partial charge in [0, 0.05) is 18.0 Å². The first-order chi connectivity index (χ1) is 11.8. The number of aromatic nitrogens is 3. The third-order valence-corrected chi connectivity index (χ3v) is 5.73. The number of hydrogen-bond acceptors (Lipinski definition) is 4. The van der Waals surface area contributed by atoms with Crippen molar-refractivity contribution in [1.82, 2.24) is 20.5 Å². The number of nitrogens with zero attached hydrogens (tertiary/aromatic N) is 2. The largest absolute Gasteiger partial charge is 0.351 e. The molecule has 128 valence electrons. The van der Waals surface area contributed by atoms with Gasteiger partial charge in [0.05, 0.1) is 5.69 Å². The van der Waals surface area contributed by atoms with Gasteiger partial charge >= 0.3 is 0 Å². The van der Waals surface area contributed by atoms with Gasteiger partial charge < -0.3 is 5.32 Å². The number of aromatic amines is 1. The highest BCUT2D eigenvalue weighted by Gasteiger charge is 2.14. The van der Waals surface area contributed by atoms with E-state index in [1.807, 2.05) is 18.2 Å². The second kappa shape index (κ2) is 8.87. The summed E-state index contributed by atoms with van der Waals surface area (Å²) >= 11 is 2.07. The van der Waals surface area contributed by atoms with Gasteiger partial charge in [0.25, 0.3) is 5.91 Å². The van der Waals surface area contributed by atoms with Gasteiger partial charge in [-0.3, -0.25) is 14.9 Å². The first kappa shape index (κ1) is 17.0. The SMILES string of the molecule is O=C(NCCCSC1CCCCC1)c1cc(-c2ccccn2)n[nH]1. The van der Waals surface area contributed by atoms with Crippen molar-refractivity contribution in [2.75, 3.05) is 12.3 Å². The van der Waals surface area contributed by atoms with E-state index in [1.165, 1.54) is 32.1 Å². The number of amides is 1. The van der Waals surface area contributed by atoms with E-state index in [2.05, 4.69) is 32.3 Å². The van der Waals surface area contributed by atoms with Crippen molar-refractivity contribution in [3.8, 4) is 11.4 Å². The van der Waals surface area contributed by atoms with E-state index in [-0.39, 0.29) is 5.91 Å². The lowest BCUT2D eigenvalue weighted by Gasteiger charge is -2.20. The number of H-pyrrole nitrogens is 1. The third-order valence-electron chi connectivity index (χ3n) is 4.26. The van der Waals surface area contributed by atoms with Gasteiger partial charge in [-0.15, -0.1) is 0 Å². The van der Waals surface area contributed by atoms with E-state index in [1.54, 1.807) is 12.3 Å². The second-order valence-corrected chi connectivity index (χ2v) is 7.53. The molecule has 6 heteroatoms. The fourth-order valence-electron chi connectivity index (χ4n) is 2.93. The summed E-state index contributed by atoms with van der Waals surface area (Å²) in [6, 6.07) is 7.38. The zero-order chi connectivity index (χ0) is 16.6. The van der Waals surface area contributed by atoms with E-state index < -0.39 is 0 Å². The number of nitrogens with one attached hydrogen (secondary N) is 2. The quantitative estimate of drug-likeness (QED) is 0.752. The minimum Gasteiger partial charge on any atom is -0.351 e. The minimum absolute atomic E-state index is 0.104. The predicted octanol–water partition coefficient (Wildman–Crippen LogP) is 3.66. The molecule has 1 fully saturated rings. The van der Waals surface area contributed by atoms with Crippen molar-refractivity contribution >= 4 is 17.7 Å². The first-order valence-electron chi connectivity index (χ1n) is 8.69. The lowest BCUT2D eigenvalue weighted by Crippen LogP contribution is -2.25. The molecule has 0 saturated heterocycles. The van der Waals surface area contributed by atoms with Crippen molar-refractivity contribution in [3.05, 3.63) is 36.2 Å². The maximum atomic E-state index is 12.1. The van der Waals surface area contributed by atoms with Crippen LogP contribution in [0.4, 0.5) is 0 Å². The predicted molar refractivity (Wildman–Crippen MR) is 98.1 cm³/mol. The third kappa shape index (κ3) is 4.84. The molecule has 1 amide bonds. The summed E-state index contributed by atoms with van der Waals surface area (Å²) in [5, 5.41) is 10.7. The fourth-order valence-corrected chi connectivity index (χ4v) is 4.25. The van der Waals surface area contributed by atoms with Crippen LogP contribution in [0.1, 0.15) is 49.0 Å². The van der Waals surface area contributed by atoms with Crippen LogP contribution in [0.5, 0.6) is 0 Å². The maximum Gasteiger partial charge on any atom is 0.269 e. The van der Waals surface area contributed by atoms with Crippen LogP contribution in [0.3, 0.4) is 0 Å². The zero-order valence-electron chi connectivity index (χ0n) is 13.8. The van der Waals surface area contributed by atoms with E-state index in [0.717, 1.165) is 23.1 Å². The van der Waals surface area contributed by atoms with Gasteiger partial charge in [-0.25, -0.2) is 0 Å². The van der Waals surface area contributed by atoms with Crippen LogP contribution in [0.15, 0.2) is 30.5 Å². The summed E-state index contributed by atoms with van der Waals surface area (Å²) in [6.45, 7) is 0.705. The van der Waals surface area contributed by atoms with Crippen LogP contribution >= 0.6 is 11.8 Å². The van der Waals surface area contributed by atoms with E-state index in [9.17, 15) is 4.79 Å². The van der Waals surface area contributed by atoms with Crippen molar-refractivity contribution in [2.24, 2.45) is 0 Å². The number of rotatable bonds is 7. The Labute approximate surface area is 147 Å². The Kier molecular flexibility index (Phi) is 6.29. The molecule has 3 rings (SSSR count). The highest BCUT2D eigenvalue weighted by molar-refractivity contribution is 7.99. The van der Waals surface area contributed by atoms with Crippen molar-refractivity contribution in [2.45, 2.75) is 43.8 Å². The molecule has 1 saturated carbocycles. The molecular weight excluding hydrogens is 320 g/mol. The van der Waals surface area contributed by atoms with Crippen LogP contribution in [0, 0.1) is 0 Å². The minimum atomic E-state index is -0.104. The standard InChI is InChI=1S/C18H24N4OS/c23-18(20-11-6-12-24-14-7-2-1-3-8-14)17-13-16(21-22-17)15-9-4-5-10-19-15/h4-5,9-10,13-14H,1-3,6-8,11-12H2,(H,20,23)(H,21,22). The Hall–Kier alpha value is -1.82. The van der Waals surface area contributed by atoms with Gasteiger partial charge in [-0.05, 0) is 43.2 Å². The molecule has 0 spiro atoms. The molecule has 0 aliphatic heterocycles. The van der Waals surface area contributed by atoms with E-state index >= 15 is 0 Å². The summed E-state index contributed by atoms with van der Waals surface area (Å²) in [6.07, 6.45) is 9.61. The molecule has 2 heterocycles. The number of thioether (sulfide) groups is 1. The molecule has 5 nitrogen and oxygen atoms in total. The van der Waals surface area contributed by atoms with Crippen molar-refractivity contribution in [1.29, 1.82) is 0 Å². The number of hydrogen-bond donors (Lipinski definition) is 2. The van der Waals surface area contributed by atoms with Crippen molar-refractivity contribution in [3.63, 3.8) is 0 Å². The molecule has 2 aromatic rings. The van der Waals surface area contributed by atoms with Gasteiger partial charge in [0.1, 0.15) is 11.4 Å². The summed E-state index contributed by atoms with van der Waals surface area (Å²) in [7, 11) is 0. The maximum absolute atomic E-state index is 12.1. The molecular formula is C18H24N4OS. The Morgan fingerprint density at radius 3 is 2.92 bits per heavy atom. The molecule has 0 aromatic carbocycles. The lowest BCUT2D eigenvalue weighted by molar-refractivity contribution is 0.0949. The lowest BCUT2D eigenvalue weighted by atomic mass is 10.0. The van der Waals surface area contributed by atoms with E-state index in [4.69, 9.17) is 0 Å². The average molecular weight is 344 g/mol. The summed E-state index contributed by atoms with van der Waals surface area (Å²) in [5.41, 5.74) is 1.93. The summed E-state index contributed by atoms with van der Waals surface area (Å²) in [4.78, 5) is 16.4. The van der Waals surface area contributed by atoms with Gasteiger partial charge in [0.2, 0.25) is 0 Å². The topological polar surface area (TPSA) is 70.7 Å². The molecule has 2 N–H and O–H groups in total.